The highest BCUT2D eigenvalue weighted by Gasteiger charge is 2.24. The fourth-order valence-electron chi connectivity index (χ4n) is 2.78. The Morgan fingerprint density at radius 2 is 2.32 bits per heavy atom. The van der Waals surface area contributed by atoms with E-state index in [0.717, 1.165) is 30.6 Å². The van der Waals surface area contributed by atoms with E-state index in [1.165, 1.54) is 16.0 Å². The van der Waals surface area contributed by atoms with Gasteiger partial charge in [0.1, 0.15) is 0 Å². The molecule has 1 aliphatic rings. The highest BCUT2D eigenvalue weighted by molar-refractivity contribution is 7.13. The van der Waals surface area contributed by atoms with Crippen molar-refractivity contribution in [3.8, 4) is 10.8 Å². The van der Waals surface area contributed by atoms with Gasteiger partial charge in [-0.2, -0.15) is 4.68 Å². The molecule has 3 rings (SSSR count). The van der Waals surface area contributed by atoms with Gasteiger partial charge in [-0.3, -0.25) is 4.79 Å². The monoisotopic (exact) mass is 321 g/mol. The van der Waals surface area contributed by atoms with Gasteiger partial charge >= 0.3 is 5.76 Å². The van der Waals surface area contributed by atoms with Crippen LogP contribution in [0.25, 0.3) is 10.8 Å². The van der Waals surface area contributed by atoms with E-state index in [0.29, 0.717) is 12.4 Å². The molecular formula is C15H19N3O3S. The normalized spacial score (nSPS) is 16.8. The Kier molecular flexibility index (Phi) is 4.42. The van der Waals surface area contributed by atoms with E-state index < -0.39 is 5.76 Å². The average molecular weight is 321 g/mol. The standard InChI is InChI=1S/C15H19N3O3S/c1-10(16-13(19)11-5-2-3-6-11)9-18-15(20)21-14(17-18)12-7-4-8-22-12/h4,7-8,10-11H,2-3,5-6,9H2,1H3,(H,16,19)/t10-/m1/s1. The topological polar surface area (TPSA) is 77.1 Å². The predicted octanol–water partition coefficient (Wildman–Crippen LogP) is 2.26. The van der Waals surface area contributed by atoms with E-state index in [1.807, 2.05) is 24.4 Å². The fourth-order valence-corrected chi connectivity index (χ4v) is 3.42. The molecule has 2 aromatic heterocycles. The lowest BCUT2D eigenvalue weighted by atomic mass is 10.1. The summed E-state index contributed by atoms with van der Waals surface area (Å²) in [6.45, 7) is 2.19. The number of carbonyl (C=O) groups excluding carboxylic acids is 1. The zero-order valence-corrected chi connectivity index (χ0v) is 13.3. The van der Waals surface area contributed by atoms with Gasteiger partial charge < -0.3 is 9.73 Å². The molecule has 118 valence electrons. The highest BCUT2D eigenvalue weighted by Crippen LogP contribution is 2.25. The summed E-state index contributed by atoms with van der Waals surface area (Å²) < 4.78 is 6.43. The van der Waals surface area contributed by atoms with Gasteiger partial charge in [0.2, 0.25) is 5.91 Å². The molecule has 0 aliphatic heterocycles. The molecule has 0 saturated heterocycles. The zero-order valence-electron chi connectivity index (χ0n) is 12.4. The second-order valence-corrected chi connectivity index (χ2v) is 6.67. The molecule has 2 aromatic rings. The van der Waals surface area contributed by atoms with Crippen molar-refractivity contribution in [3.05, 3.63) is 28.1 Å². The van der Waals surface area contributed by atoms with Crippen LogP contribution in [0.15, 0.2) is 26.7 Å². The smallest absolute Gasteiger partial charge is 0.387 e. The molecular weight excluding hydrogens is 302 g/mol. The van der Waals surface area contributed by atoms with E-state index >= 15 is 0 Å². The lowest BCUT2D eigenvalue weighted by Gasteiger charge is -2.16. The van der Waals surface area contributed by atoms with Crippen molar-refractivity contribution < 1.29 is 9.21 Å². The van der Waals surface area contributed by atoms with Crippen molar-refractivity contribution in [1.29, 1.82) is 0 Å². The molecule has 0 unspecified atom stereocenters. The number of hydrogen-bond donors (Lipinski definition) is 1. The van der Waals surface area contributed by atoms with E-state index in [-0.39, 0.29) is 17.9 Å². The third-order valence-corrected chi connectivity index (χ3v) is 4.76. The molecule has 6 nitrogen and oxygen atoms in total. The van der Waals surface area contributed by atoms with Crippen molar-refractivity contribution in [3.63, 3.8) is 0 Å². The number of aromatic nitrogens is 2. The van der Waals surface area contributed by atoms with E-state index in [4.69, 9.17) is 4.42 Å². The molecule has 1 saturated carbocycles. The Labute approximate surface area is 132 Å². The van der Waals surface area contributed by atoms with E-state index in [2.05, 4.69) is 10.4 Å². The van der Waals surface area contributed by atoms with Crippen LogP contribution in [0, 0.1) is 5.92 Å². The van der Waals surface area contributed by atoms with E-state index in [1.54, 1.807) is 0 Å². The van der Waals surface area contributed by atoms with Gasteiger partial charge in [-0.1, -0.05) is 18.9 Å². The molecule has 1 aliphatic carbocycles. The van der Waals surface area contributed by atoms with Crippen LogP contribution in [0.2, 0.25) is 0 Å². The molecule has 1 fully saturated rings. The largest absolute Gasteiger partial charge is 0.437 e. The highest BCUT2D eigenvalue weighted by atomic mass is 32.1. The Morgan fingerprint density at radius 3 is 3.00 bits per heavy atom. The Morgan fingerprint density at radius 1 is 1.55 bits per heavy atom. The number of nitrogens with zero attached hydrogens (tertiary/aromatic N) is 2. The third kappa shape index (κ3) is 3.30. The Balaban J connectivity index is 1.63. The quantitative estimate of drug-likeness (QED) is 0.916. The van der Waals surface area contributed by atoms with Crippen LogP contribution in [-0.2, 0) is 11.3 Å². The van der Waals surface area contributed by atoms with Crippen LogP contribution < -0.4 is 11.1 Å². The van der Waals surface area contributed by atoms with Crippen LogP contribution >= 0.6 is 11.3 Å². The maximum Gasteiger partial charge on any atom is 0.437 e. The number of nitrogens with one attached hydrogen (secondary N) is 1. The Bertz CT molecular complexity index is 683. The first-order valence-corrected chi connectivity index (χ1v) is 8.43. The summed E-state index contributed by atoms with van der Waals surface area (Å²) in [5.74, 6) is 0.0397. The van der Waals surface area contributed by atoms with Crippen molar-refractivity contribution in [2.75, 3.05) is 0 Å². The molecule has 0 bridgehead atoms. The molecule has 0 radical (unpaired) electrons. The SMILES string of the molecule is C[C@H](Cn1nc(-c2cccs2)oc1=O)NC(=O)C1CCCC1. The molecule has 1 amide bonds. The summed E-state index contributed by atoms with van der Waals surface area (Å²) in [5.41, 5.74) is 0. The van der Waals surface area contributed by atoms with Crippen molar-refractivity contribution >= 4 is 17.2 Å². The molecule has 22 heavy (non-hydrogen) atoms. The maximum absolute atomic E-state index is 12.1. The van der Waals surface area contributed by atoms with Gasteiger partial charge in [0.25, 0.3) is 5.89 Å². The third-order valence-electron chi connectivity index (χ3n) is 3.90. The summed E-state index contributed by atoms with van der Waals surface area (Å²) in [4.78, 5) is 24.7. The molecule has 1 atom stereocenters. The zero-order chi connectivity index (χ0) is 15.5. The van der Waals surface area contributed by atoms with Gasteiger partial charge in [-0.15, -0.1) is 16.4 Å². The van der Waals surface area contributed by atoms with Crippen LogP contribution in [0.1, 0.15) is 32.6 Å². The lowest BCUT2D eigenvalue weighted by Crippen LogP contribution is -2.40. The average Bonchev–Trinajstić information content (AvgIpc) is 3.19. The first-order valence-electron chi connectivity index (χ1n) is 7.55. The number of rotatable bonds is 5. The minimum atomic E-state index is -0.495. The fraction of sp³-hybridized carbons (Fsp3) is 0.533. The van der Waals surface area contributed by atoms with Crippen LogP contribution in [-0.4, -0.2) is 21.7 Å². The number of carbonyl (C=O) groups is 1. The second kappa shape index (κ2) is 6.48. The summed E-state index contributed by atoms with van der Waals surface area (Å²) >= 11 is 1.47. The molecule has 1 N–H and O–H groups in total. The number of hydrogen-bond acceptors (Lipinski definition) is 5. The second-order valence-electron chi connectivity index (χ2n) is 5.72. The number of thiophene rings is 1. The van der Waals surface area contributed by atoms with Crippen LogP contribution in [0.3, 0.4) is 0 Å². The van der Waals surface area contributed by atoms with Gasteiger partial charge in [-0.25, -0.2) is 4.79 Å². The summed E-state index contributed by atoms with van der Waals surface area (Å²) in [6, 6.07) is 3.57. The maximum atomic E-state index is 12.1. The van der Waals surface area contributed by atoms with Crippen molar-refractivity contribution in [2.24, 2.45) is 5.92 Å². The molecule has 0 spiro atoms. The molecule has 2 heterocycles. The van der Waals surface area contributed by atoms with Gasteiger partial charge in [0, 0.05) is 12.0 Å². The van der Waals surface area contributed by atoms with E-state index in [9.17, 15) is 9.59 Å². The first kappa shape index (κ1) is 15.0. The lowest BCUT2D eigenvalue weighted by molar-refractivity contribution is -0.125. The summed E-state index contributed by atoms with van der Waals surface area (Å²) in [7, 11) is 0. The molecule has 0 aromatic carbocycles. The summed E-state index contributed by atoms with van der Waals surface area (Å²) in [6.07, 6.45) is 4.18. The van der Waals surface area contributed by atoms with Gasteiger partial charge in [-0.05, 0) is 31.2 Å². The molecule has 7 heteroatoms. The van der Waals surface area contributed by atoms with Gasteiger partial charge in [0.15, 0.2) is 0 Å². The van der Waals surface area contributed by atoms with Crippen molar-refractivity contribution in [2.45, 2.75) is 45.2 Å². The van der Waals surface area contributed by atoms with Crippen LogP contribution in [0.4, 0.5) is 0 Å². The van der Waals surface area contributed by atoms with Gasteiger partial charge in [0.05, 0.1) is 11.4 Å². The summed E-state index contributed by atoms with van der Waals surface area (Å²) in [5, 5.41) is 9.06. The predicted molar refractivity (Wildman–Crippen MR) is 83.6 cm³/mol. The van der Waals surface area contributed by atoms with Crippen LogP contribution in [0.5, 0.6) is 0 Å². The van der Waals surface area contributed by atoms with Crippen molar-refractivity contribution in [1.82, 2.24) is 15.1 Å². The minimum absolute atomic E-state index is 0.0834. The minimum Gasteiger partial charge on any atom is -0.387 e. The Hall–Kier alpha value is -1.89. The first-order chi connectivity index (χ1) is 10.6. The number of amides is 1.